The van der Waals surface area contributed by atoms with Gasteiger partial charge >= 0.3 is 0 Å². The highest BCUT2D eigenvalue weighted by atomic mass is 79.9. The summed E-state index contributed by atoms with van der Waals surface area (Å²) >= 11 is 4.95. The van der Waals surface area contributed by atoms with Gasteiger partial charge in [-0.1, -0.05) is 45.8 Å². The number of nitrogens with one attached hydrogen (secondary N) is 1. The van der Waals surface area contributed by atoms with Gasteiger partial charge in [0.25, 0.3) is 5.91 Å². The Morgan fingerprint density at radius 3 is 2.57 bits per heavy atom. The summed E-state index contributed by atoms with van der Waals surface area (Å²) in [6.45, 7) is 5.80. The van der Waals surface area contributed by atoms with Gasteiger partial charge in [0, 0.05) is 9.37 Å². The number of hydrogen-bond donors (Lipinski definition) is 1. The van der Waals surface area contributed by atoms with Crippen LogP contribution in [-0.2, 0) is 4.79 Å². The van der Waals surface area contributed by atoms with Crippen molar-refractivity contribution in [2.45, 2.75) is 30.9 Å². The Morgan fingerprint density at radius 1 is 1.22 bits per heavy atom. The van der Waals surface area contributed by atoms with E-state index in [4.69, 9.17) is 0 Å². The third kappa shape index (κ3) is 5.52. The zero-order chi connectivity index (χ0) is 16.8. The Kier molecular flexibility index (Phi) is 6.42. The summed E-state index contributed by atoms with van der Waals surface area (Å²) < 4.78 is 0.985. The maximum atomic E-state index is 12.2. The third-order valence-electron chi connectivity index (χ3n) is 3.28. The molecule has 0 radical (unpaired) electrons. The minimum Gasteiger partial charge on any atom is -0.272 e. The van der Waals surface area contributed by atoms with Crippen molar-refractivity contribution in [3.63, 3.8) is 0 Å². The standard InChI is InChI=1S/C18H19BrN2OS/c1-12-7-9-17(10-8-12)23-14(3)18(22)21-20-13(2)15-5-4-6-16(19)11-15/h4-11,14H,1-3H3,(H,21,22)/b20-13-/t14-/m0/s1. The highest BCUT2D eigenvalue weighted by Crippen LogP contribution is 2.23. The Labute approximate surface area is 149 Å². The molecule has 0 bridgehead atoms. The van der Waals surface area contributed by atoms with Gasteiger partial charge in [-0.05, 0) is 50.6 Å². The lowest BCUT2D eigenvalue weighted by Crippen LogP contribution is -2.27. The molecule has 0 saturated carbocycles. The number of carbonyl (C=O) groups is 1. The molecule has 1 N–H and O–H groups in total. The first-order chi connectivity index (χ1) is 11.0. The normalized spacial score (nSPS) is 12.8. The molecule has 2 aromatic carbocycles. The van der Waals surface area contributed by atoms with Crippen molar-refractivity contribution in [3.05, 3.63) is 64.1 Å². The summed E-state index contributed by atoms with van der Waals surface area (Å²) in [7, 11) is 0. The fraction of sp³-hybridized carbons (Fsp3) is 0.222. The molecule has 0 spiro atoms. The van der Waals surface area contributed by atoms with Gasteiger partial charge in [0.2, 0.25) is 0 Å². The maximum absolute atomic E-state index is 12.2. The first-order valence-corrected chi connectivity index (χ1v) is 8.96. The van der Waals surface area contributed by atoms with Gasteiger partial charge in [-0.3, -0.25) is 4.79 Å². The van der Waals surface area contributed by atoms with E-state index >= 15 is 0 Å². The van der Waals surface area contributed by atoms with Crippen molar-refractivity contribution in [2.24, 2.45) is 5.10 Å². The Balaban J connectivity index is 1.95. The fourth-order valence-electron chi connectivity index (χ4n) is 1.88. The number of benzene rings is 2. The highest BCUT2D eigenvalue weighted by Gasteiger charge is 2.14. The van der Waals surface area contributed by atoms with Crippen LogP contribution < -0.4 is 5.43 Å². The Morgan fingerprint density at radius 2 is 1.91 bits per heavy atom. The van der Waals surface area contributed by atoms with E-state index in [1.54, 1.807) is 0 Å². The summed E-state index contributed by atoms with van der Waals surface area (Å²) in [5.74, 6) is -0.107. The average Bonchev–Trinajstić information content (AvgIpc) is 2.54. The van der Waals surface area contributed by atoms with Crippen LogP contribution in [0.3, 0.4) is 0 Å². The number of carbonyl (C=O) groups excluding carboxylic acids is 1. The number of amides is 1. The molecule has 2 aromatic rings. The Bertz CT molecular complexity index is 713. The molecule has 0 aliphatic carbocycles. The van der Waals surface area contributed by atoms with Gasteiger partial charge in [0.15, 0.2) is 0 Å². The van der Waals surface area contributed by atoms with Gasteiger partial charge in [0.05, 0.1) is 11.0 Å². The summed E-state index contributed by atoms with van der Waals surface area (Å²) in [6.07, 6.45) is 0. The summed E-state index contributed by atoms with van der Waals surface area (Å²) in [5, 5.41) is 3.98. The van der Waals surface area contributed by atoms with E-state index in [-0.39, 0.29) is 11.2 Å². The minimum atomic E-state index is -0.211. The predicted octanol–water partition coefficient (Wildman–Crippen LogP) is 4.78. The maximum Gasteiger partial charge on any atom is 0.253 e. The van der Waals surface area contributed by atoms with Gasteiger partial charge in [0.1, 0.15) is 0 Å². The van der Waals surface area contributed by atoms with Crippen molar-refractivity contribution >= 4 is 39.3 Å². The molecule has 2 rings (SSSR count). The smallest absolute Gasteiger partial charge is 0.253 e. The SMILES string of the molecule is C/C(=N/NC(=O)[C@H](C)Sc1ccc(C)cc1)c1cccc(Br)c1. The van der Waals surface area contributed by atoms with Gasteiger partial charge < -0.3 is 0 Å². The molecule has 0 aliphatic rings. The molecule has 5 heteroatoms. The summed E-state index contributed by atoms with van der Waals surface area (Å²) in [6, 6.07) is 16.0. The predicted molar refractivity (Wildman–Crippen MR) is 101 cm³/mol. The second kappa shape index (κ2) is 8.31. The minimum absolute atomic E-state index is 0.107. The van der Waals surface area contributed by atoms with Crippen LogP contribution in [0.4, 0.5) is 0 Å². The zero-order valence-corrected chi connectivity index (χ0v) is 15.7. The van der Waals surface area contributed by atoms with Crippen LogP contribution in [0.15, 0.2) is 63.0 Å². The topological polar surface area (TPSA) is 41.5 Å². The van der Waals surface area contributed by atoms with Crippen LogP contribution >= 0.6 is 27.7 Å². The van der Waals surface area contributed by atoms with Gasteiger partial charge in [-0.2, -0.15) is 5.10 Å². The molecular formula is C18H19BrN2OS. The largest absolute Gasteiger partial charge is 0.272 e. The van der Waals surface area contributed by atoms with E-state index < -0.39 is 0 Å². The van der Waals surface area contributed by atoms with Crippen molar-refractivity contribution in [3.8, 4) is 0 Å². The number of halogens is 1. The molecule has 0 heterocycles. The van der Waals surface area contributed by atoms with Crippen LogP contribution in [0, 0.1) is 6.92 Å². The van der Waals surface area contributed by atoms with Crippen molar-refractivity contribution in [1.29, 1.82) is 0 Å². The van der Waals surface area contributed by atoms with Crippen LogP contribution in [0.5, 0.6) is 0 Å². The lowest BCUT2D eigenvalue weighted by atomic mass is 10.1. The molecule has 1 atom stereocenters. The number of hydrogen-bond acceptors (Lipinski definition) is 3. The molecule has 3 nitrogen and oxygen atoms in total. The number of thioether (sulfide) groups is 1. The van der Waals surface area contributed by atoms with E-state index in [2.05, 4.69) is 26.5 Å². The van der Waals surface area contributed by atoms with Crippen molar-refractivity contribution in [2.75, 3.05) is 0 Å². The van der Waals surface area contributed by atoms with Crippen molar-refractivity contribution < 1.29 is 4.79 Å². The molecule has 0 saturated heterocycles. The molecule has 120 valence electrons. The van der Waals surface area contributed by atoms with Crippen LogP contribution in [0.1, 0.15) is 25.0 Å². The van der Waals surface area contributed by atoms with E-state index in [9.17, 15) is 4.79 Å². The van der Waals surface area contributed by atoms with Gasteiger partial charge in [-0.15, -0.1) is 11.8 Å². The van der Waals surface area contributed by atoms with E-state index in [1.165, 1.54) is 17.3 Å². The van der Waals surface area contributed by atoms with Gasteiger partial charge in [-0.25, -0.2) is 5.43 Å². The molecule has 0 fully saturated rings. The van der Waals surface area contributed by atoms with E-state index in [0.717, 1.165) is 20.6 Å². The number of hydrazone groups is 1. The van der Waals surface area contributed by atoms with E-state index in [0.29, 0.717) is 0 Å². The monoisotopic (exact) mass is 390 g/mol. The Hall–Kier alpha value is -1.59. The number of rotatable bonds is 5. The molecule has 0 aliphatic heterocycles. The number of aryl methyl sites for hydroxylation is 1. The van der Waals surface area contributed by atoms with Crippen LogP contribution in [-0.4, -0.2) is 16.9 Å². The summed E-state index contributed by atoms with van der Waals surface area (Å²) in [4.78, 5) is 13.2. The molecule has 1 amide bonds. The highest BCUT2D eigenvalue weighted by molar-refractivity contribution is 9.10. The lowest BCUT2D eigenvalue weighted by Gasteiger charge is -2.10. The molecule has 0 aromatic heterocycles. The first kappa shape index (κ1) is 17.8. The fourth-order valence-corrected chi connectivity index (χ4v) is 3.14. The quantitative estimate of drug-likeness (QED) is 0.453. The molecule has 23 heavy (non-hydrogen) atoms. The third-order valence-corrected chi connectivity index (χ3v) is 4.88. The van der Waals surface area contributed by atoms with E-state index in [1.807, 2.05) is 69.3 Å². The first-order valence-electron chi connectivity index (χ1n) is 7.29. The lowest BCUT2D eigenvalue weighted by molar-refractivity contribution is -0.120. The van der Waals surface area contributed by atoms with Crippen LogP contribution in [0.25, 0.3) is 0 Å². The zero-order valence-electron chi connectivity index (χ0n) is 13.3. The van der Waals surface area contributed by atoms with Crippen molar-refractivity contribution in [1.82, 2.24) is 5.43 Å². The van der Waals surface area contributed by atoms with Crippen LogP contribution in [0.2, 0.25) is 0 Å². The number of nitrogens with zero attached hydrogens (tertiary/aromatic N) is 1. The summed E-state index contributed by atoms with van der Waals surface area (Å²) in [5.41, 5.74) is 5.60. The molecule has 0 unspecified atom stereocenters. The average molecular weight is 391 g/mol. The second-order valence-electron chi connectivity index (χ2n) is 5.26. The second-order valence-corrected chi connectivity index (χ2v) is 7.59. The molecular weight excluding hydrogens is 372 g/mol.